The van der Waals surface area contributed by atoms with E-state index in [0.717, 1.165) is 30.2 Å². The number of rotatable bonds is 3. The number of aryl methyl sites for hydroxylation is 1. The van der Waals surface area contributed by atoms with Gasteiger partial charge in [0, 0.05) is 49.4 Å². The zero-order valence-electron chi connectivity index (χ0n) is 15.0. The molecule has 0 N–H and O–H groups in total. The normalized spacial score (nSPS) is 17.1. The molecule has 0 spiro atoms. The van der Waals surface area contributed by atoms with E-state index in [9.17, 15) is 9.18 Å². The van der Waals surface area contributed by atoms with Gasteiger partial charge < -0.3 is 4.90 Å². The van der Waals surface area contributed by atoms with Gasteiger partial charge >= 0.3 is 0 Å². The van der Waals surface area contributed by atoms with Crippen molar-refractivity contribution in [3.05, 3.63) is 72.0 Å². The first kappa shape index (κ1) is 17.3. The second-order valence-corrected chi connectivity index (χ2v) is 6.71. The van der Waals surface area contributed by atoms with E-state index in [4.69, 9.17) is 0 Å². The summed E-state index contributed by atoms with van der Waals surface area (Å²) in [4.78, 5) is 28.0. The van der Waals surface area contributed by atoms with Gasteiger partial charge in [0.05, 0.1) is 5.69 Å². The first-order chi connectivity index (χ1) is 13.1. The lowest BCUT2D eigenvalue weighted by Gasteiger charge is -2.33. The Labute approximate surface area is 156 Å². The molecule has 1 saturated heterocycles. The maximum absolute atomic E-state index is 13.1. The summed E-state index contributed by atoms with van der Waals surface area (Å²) in [5.41, 5.74) is 1.37. The summed E-state index contributed by atoms with van der Waals surface area (Å²) < 4.78 is 15.1. The summed E-state index contributed by atoms with van der Waals surface area (Å²) in [5.74, 6) is 1.26. The van der Waals surface area contributed by atoms with Crippen LogP contribution in [0.2, 0.25) is 0 Å². The second-order valence-electron chi connectivity index (χ2n) is 6.71. The average molecular weight is 365 g/mol. The minimum atomic E-state index is -0.344. The fraction of sp³-hybridized carbons (Fsp3) is 0.300. The lowest BCUT2D eigenvalue weighted by Crippen LogP contribution is -2.39. The van der Waals surface area contributed by atoms with Crippen LogP contribution in [0.15, 0.2) is 49.1 Å². The third-order valence-electron chi connectivity index (χ3n) is 4.95. The van der Waals surface area contributed by atoms with Gasteiger partial charge in [0.15, 0.2) is 5.82 Å². The van der Waals surface area contributed by atoms with Crippen molar-refractivity contribution in [2.24, 2.45) is 0 Å². The van der Waals surface area contributed by atoms with Gasteiger partial charge in [-0.1, -0.05) is 0 Å². The highest BCUT2D eigenvalue weighted by Gasteiger charge is 2.28. The molecule has 1 aliphatic heterocycles. The molecule has 0 unspecified atom stereocenters. The third-order valence-corrected chi connectivity index (χ3v) is 4.95. The number of likely N-dealkylation sites (tertiary alicyclic amines) is 1. The number of hydrogen-bond donors (Lipinski definition) is 0. The average Bonchev–Trinajstić information content (AvgIpc) is 3.14. The van der Waals surface area contributed by atoms with Crippen LogP contribution in [0.1, 0.15) is 40.6 Å². The van der Waals surface area contributed by atoms with Crippen LogP contribution in [0.3, 0.4) is 0 Å². The lowest BCUT2D eigenvalue weighted by atomic mass is 9.93. The van der Waals surface area contributed by atoms with Gasteiger partial charge in [0.2, 0.25) is 0 Å². The predicted molar refractivity (Wildman–Crippen MR) is 98.2 cm³/mol. The highest BCUT2D eigenvalue weighted by Crippen LogP contribution is 2.29. The largest absolute Gasteiger partial charge is 0.338 e. The lowest BCUT2D eigenvalue weighted by molar-refractivity contribution is 0.0705. The Morgan fingerprint density at radius 3 is 2.63 bits per heavy atom. The predicted octanol–water partition coefficient (Wildman–Crippen LogP) is 3.13. The fourth-order valence-electron chi connectivity index (χ4n) is 3.58. The highest BCUT2D eigenvalue weighted by atomic mass is 19.1. The van der Waals surface area contributed by atoms with Crippen molar-refractivity contribution >= 4 is 5.91 Å². The molecule has 1 aromatic carbocycles. The Hall–Kier alpha value is -3.09. The molecule has 138 valence electrons. The summed E-state index contributed by atoms with van der Waals surface area (Å²) in [6, 6.07) is 5.70. The minimum Gasteiger partial charge on any atom is -0.338 e. The molecule has 7 heteroatoms. The molecule has 3 heterocycles. The number of benzene rings is 1. The van der Waals surface area contributed by atoms with E-state index >= 15 is 0 Å². The number of halogens is 1. The van der Waals surface area contributed by atoms with Gasteiger partial charge in [-0.15, -0.1) is 0 Å². The summed E-state index contributed by atoms with van der Waals surface area (Å²) >= 11 is 0. The number of carbonyl (C=O) groups excluding carboxylic acids is 1. The van der Waals surface area contributed by atoms with Crippen LogP contribution >= 0.6 is 0 Å². The summed E-state index contributed by atoms with van der Waals surface area (Å²) in [6.07, 6.45) is 8.78. The van der Waals surface area contributed by atoms with E-state index in [2.05, 4.69) is 15.0 Å². The first-order valence-electron chi connectivity index (χ1n) is 8.99. The Bertz CT molecular complexity index is 953. The first-order valence-corrected chi connectivity index (χ1v) is 8.99. The SMILES string of the molecule is Cc1nccn1-c1nccnc1[C@@H]1CCCN(C(=O)c2ccc(F)cc2)C1. The van der Waals surface area contributed by atoms with Crippen molar-refractivity contribution in [2.45, 2.75) is 25.7 Å². The van der Waals surface area contributed by atoms with Crippen molar-refractivity contribution in [1.82, 2.24) is 24.4 Å². The Morgan fingerprint density at radius 1 is 1.11 bits per heavy atom. The van der Waals surface area contributed by atoms with Crippen molar-refractivity contribution in [3.63, 3.8) is 0 Å². The van der Waals surface area contributed by atoms with Crippen LogP contribution in [0, 0.1) is 12.7 Å². The smallest absolute Gasteiger partial charge is 0.253 e. The minimum absolute atomic E-state index is 0.0797. The van der Waals surface area contributed by atoms with E-state index in [1.165, 1.54) is 24.3 Å². The molecule has 27 heavy (non-hydrogen) atoms. The number of amides is 1. The highest BCUT2D eigenvalue weighted by molar-refractivity contribution is 5.94. The summed E-state index contributed by atoms with van der Waals surface area (Å²) in [6.45, 7) is 3.17. The monoisotopic (exact) mass is 365 g/mol. The van der Waals surface area contributed by atoms with Crippen LogP contribution in [0.4, 0.5) is 4.39 Å². The quantitative estimate of drug-likeness (QED) is 0.715. The Balaban J connectivity index is 1.60. The summed E-state index contributed by atoms with van der Waals surface area (Å²) in [7, 11) is 0. The molecular weight excluding hydrogens is 345 g/mol. The molecule has 0 aliphatic carbocycles. The standard InChI is InChI=1S/C20H20FN5O/c1-14-22-10-12-26(14)19-18(23-8-9-24-19)16-3-2-11-25(13-16)20(27)15-4-6-17(21)7-5-15/h4-10,12,16H,2-3,11,13H2,1H3/t16-/m1/s1. The number of nitrogens with zero attached hydrogens (tertiary/aromatic N) is 5. The van der Waals surface area contributed by atoms with Crippen molar-refractivity contribution in [3.8, 4) is 5.82 Å². The van der Waals surface area contributed by atoms with Gasteiger partial charge in [-0.3, -0.25) is 14.3 Å². The van der Waals surface area contributed by atoms with Gasteiger partial charge in [-0.05, 0) is 44.0 Å². The molecule has 3 aromatic rings. The van der Waals surface area contributed by atoms with E-state index < -0.39 is 0 Å². The molecule has 1 aliphatic rings. The van der Waals surface area contributed by atoms with Crippen LogP contribution in [0.5, 0.6) is 0 Å². The van der Waals surface area contributed by atoms with E-state index in [1.807, 2.05) is 22.6 Å². The number of hydrogen-bond acceptors (Lipinski definition) is 4. The topological polar surface area (TPSA) is 63.9 Å². The Morgan fingerprint density at radius 2 is 1.89 bits per heavy atom. The van der Waals surface area contributed by atoms with Crippen LogP contribution < -0.4 is 0 Å². The number of imidazole rings is 1. The molecule has 2 aromatic heterocycles. The molecule has 0 bridgehead atoms. The van der Waals surface area contributed by atoms with Gasteiger partial charge in [0.1, 0.15) is 11.6 Å². The van der Waals surface area contributed by atoms with Gasteiger partial charge in [0.25, 0.3) is 5.91 Å². The van der Waals surface area contributed by atoms with Crippen molar-refractivity contribution < 1.29 is 9.18 Å². The Kier molecular flexibility index (Phi) is 4.66. The summed E-state index contributed by atoms with van der Waals surface area (Å²) in [5, 5.41) is 0. The number of carbonyl (C=O) groups is 1. The molecule has 0 saturated carbocycles. The van der Waals surface area contributed by atoms with Crippen LogP contribution in [-0.4, -0.2) is 43.4 Å². The number of piperidine rings is 1. The van der Waals surface area contributed by atoms with E-state index in [1.54, 1.807) is 18.6 Å². The number of aromatic nitrogens is 4. The van der Waals surface area contributed by atoms with Crippen LogP contribution in [-0.2, 0) is 0 Å². The zero-order valence-corrected chi connectivity index (χ0v) is 15.0. The van der Waals surface area contributed by atoms with E-state index in [-0.39, 0.29) is 17.6 Å². The molecule has 1 amide bonds. The molecular formula is C20H20FN5O. The third kappa shape index (κ3) is 3.45. The molecule has 1 fully saturated rings. The maximum Gasteiger partial charge on any atom is 0.253 e. The molecule has 1 atom stereocenters. The second kappa shape index (κ2) is 7.26. The van der Waals surface area contributed by atoms with Crippen molar-refractivity contribution in [1.29, 1.82) is 0 Å². The fourth-order valence-corrected chi connectivity index (χ4v) is 3.58. The van der Waals surface area contributed by atoms with Gasteiger partial charge in [-0.25, -0.2) is 14.4 Å². The molecule has 0 radical (unpaired) electrons. The maximum atomic E-state index is 13.1. The van der Waals surface area contributed by atoms with Crippen LogP contribution in [0.25, 0.3) is 5.82 Å². The van der Waals surface area contributed by atoms with Gasteiger partial charge in [-0.2, -0.15) is 0 Å². The molecule has 6 nitrogen and oxygen atoms in total. The van der Waals surface area contributed by atoms with Crippen molar-refractivity contribution in [2.75, 3.05) is 13.1 Å². The van der Waals surface area contributed by atoms with E-state index in [0.29, 0.717) is 18.7 Å². The molecule has 4 rings (SSSR count). The zero-order chi connectivity index (χ0) is 18.8.